The molecule has 0 radical (unpaired) electrons. The van der Waals surface area contributed by atoms with E-state index in [1.165, 1.54) is 12.8 Å². The molecular weight excluding hydrogens is 348 g/mol. The van der Waals surface area contributed by atoms with Crippen LogP contribution in [-0.2, 0) is 9.53 Å². The van der Waals surface area contributed by atoms with Crippen LogP contribution in [0.3, 0.4) is 0 Å². The van der Waals surface area contributed by atoms with Gasteiger partial charge in [0.05, 0.1) is 6.04 Å². The third-order valence-electron chi connectivity index (χ3n) is 6.24. The number of hydrogen-bond donors (Lipinski definition) is 0. The van der Waals surface area contributed by atoms with Gasteiger partial charge < -0.3 is 9.64 Å². The fourth-order valence-electron chi connectivity index (χ4n) is 4.70. The summed E-state index contributed by atoms with van der Waals surface area (Å²) in [6.45, 7) is 5.32. The Labute approximate surface area is 167 Å². The molecule has 3 heterocycles. The largest absolute Gasteiger partial charge is 0.450 e. The van der Waals surface area contributed by atoms with Crippen molar-refractivity contribution in [2.45, 2.75) is 50.8 Å². The van der Waals surface area contributed by atoms with E-state index in [0.29, 0.717) is 0 Å². The van der Waals surface area contributed by atoms with E-state index in [1.807, 2.05) is 26.2 Å². The molecule has 4 rings (SSSR count). The normalized spacial score (nSPS) is 29.4. The van der Waals surface area contributed by atoms with Gasteiger partial charge in [0.1, 0.15) is 0 Å². The minimum Gasteiger partial charge on any atom is -0.450 e. The zero-order valence-corrected chi connectivity index (χ0v) is 17.2. The molecule has 0 amide bonds. The van der Waals surface area contributed by atoms with Crippen molar-refractivity contribution in [3.8, 4) is 11.8 Å². The van der Waals surface area contributed by atoms with E-state index in [9.17, 15) is 4.79 Å². The van der Waals surface area contributed by atoms with Crippen LogP contribution in [0.25, 0.3) is 0 Å². The maximum absolute atomic E-state index is 12.2. The van der Waals surface area contributed by atoms with Gasteiger partial charge in [-0.25, -0.2) is 4.79 Å². The Balaban J connectivity index is 1.72. The summed E-state index contributed by atoms with van der Waals surface area (Å²) in [5.74, 6) is 6.40. The fraction of sp³-hybridized carbons (Fsp3) is 0.458. The van der Waals surface area contributed by atoms with Crippen LogP contribution in [0.4, 0.5) is 5.69 Å². The summed E-state index contributed by atoms with van der Waals surface area (Å²) in [6, 6.07) is 8.70. The first-order valence-electron chi connectivity index (χ1n) is 10.1. The predicted molar refractivity (Wildman–Crippen MR) is 112 cm³/mol. The van der Waals surface area contributed by atoms with Crippen LogP contribution in [0.15, 0.2) is 47.6 Å². The van der Waals surface area contributed by atoms with Gasteiger partial charge in [-0.15, -0.1) is 0 Å². The Morgan fingerprint density at radius 2 is 1.93 bits per heavy atom. The molecule has 1 saturated heterocycles. The molecular formula is C24H28N2O2. The van der Waals surface area contributed by atoms with Crippen molar-refractivity contribution in [3.63, 3.8) is 0 Å². The maximum Gasteiger partial charge on any atom is 0.332 e. The van der Waals surface area contributed by atoms with Gasteiger partial charge >= 0.3 is 5.97 Å². The van der Waals surface area contributed by atoms with Gasteiger partial charge in [0.25, 0.3) is 0 Å². The van der Waals surface area contributed by atoms with Gasteiger partial charge in [-0.05, 0) is 57.5 Å². The van der Waals surface area contributed by atoms with E-state index in [4.69, 9.17) is 4.74 Å². The summed E-state index contributed by atoms with van der Waals surface area (Å²) in [6.07, 6.45) is 7.27. The second-order valence-electron chi connectivity index (χ2n) is 8.35. The lowest BCUT2D eigenvalue weighted by atomic mass is 9.81. The van der Waals surface area contributed by atoms with Gasteiger partial charge in [0.2, 0.25) is 0 Å². The Bertz CT molecular complexity index is 901. The van der Waals surface area contributed by atoms with Crippen LogP contribution in [0.5, 0.6) is 0 Å². The van der Waals surface area contributed by atoms with Crippen molar-refractivity contribution in [1.29, 1.82) is 0 Å². The van der Waals surface area contributed by atoms with Crippen LogP contribution in [0, 0.1) is 11.8 Å². The molecule has 1 aromatic rings. The van der Waals surface area contributed by atoms with Crippen molar-refractivity contribution < 1.29 is 9.53 Å². The Hall–Kier alpha value is -2.51. The number of anilines is 1. The minimum atomic E-state index is -0.614. The first-order chi connectivity index (χ1) is 13.4. The molecule has 28 heavy (non-hydrogen) atoms. The molecule has 0 saturated carbocycles. The number of carbonyl (C=O) groups excluding carboxylic acids is 1. The molecule has 0 aliphatic carbocycles. The Kier molecular flexibility index (Phi) is 4.81. The third kappa shape index (κ3) is 3.25. The van der Waals surface area contributed by atoms with Gasteiger partial charge in [-0.1, -0.05) is 24.3 Å². The van der Waals surface area contributed by atoms with E-state index < -0.39 is 5.60 Å². The molecule has 146 valence electrons. The molecule has 3 atom stereocenters. The number of rotatable bonds is 1. The van der Waals surface area contributed by atoms with Gasteiger partial charge in [0.15, 0.2) is 5.60 Å². The molecule has 0 N–H and O–H groups in total. The summed E-state index contributed by atoms with van der Waals surface area (Å²) in [7, 11) is 4.05. The molecule has 3 aliphatic heterocycles. The van der Waals surface area contributed by atoms with Crippen LogP contribution in [-0.4, -0.2) is 49.2 Å². The molecule has 0 aromatic heterocycles. The number of fused-ring (bicyclic) bond motifs is 3. The van der Waals surface area contributed by atoms with Crippen molar-refractivity contribution in [2.75, 3.05) is 25.5 Å². The minimum absolute atomic E-state index is 0.212. The predicted octanol–water partition coefficient (Wildman–Crippen LogP) is 3.53. The summed E-state index contributed by atoms with van der Waals surface area (Å²) in [5, 5.41) is 0. The lowest BCUT2D eigenvalue weighted by Gasteiger charge is -2.45. The number of esters is 1. The highest BCUT2D eigenvalue weighted by Gasteiger charge is 2.51. The average Bonchev–Trinajstić information content (AvgIpc) is 2.96. The van der Waals surface area contributed by atoms with Crippen molar-refractivity contribution in [2.24, 2.45) is 0 Å². The average molecular weight is 377 g/mol. The van der Waals surface area contributed by atoms with Gasteiger partial charge in [0, 0.05) is 48.6 Å². The van der Waals surface area contributed by atoms with Crippen LogP contribution in [0.1, 0.15) is 38.7 Å². The number of carbonyl (C=O) groups is 1. The van der Waals surface area contributed by atoms with Crippen molar-refractivity contribution >= 4 is 11.7 Å². The summed E-state index contributed by atoms with van der Waals surface area (Å²) < 4.78 is 5.89. The van der Waals surface area contributed by atoms with Crippen LogP contribution < -0.4 is 4.90 Å². The van der Waals surface area contributed by atoms with E-state index in [2.05, 4.69) is 53.7 Å². The van der Waals surface area contributed by atoms with Gasteiger partial charge in [-0.3, -0.25) is 4.90 Å². The molecule has 4 heteroatoms. The van der Waals surface area contributed by atoms with Crippen molar-refractivity contribution in [1.82, 2.24) is 4.90 Å². The van der Waals surface area contributed by atoms with Crippen LogP contribution in [0.2, 0.25) is 0 Å². The van der Waals surface area contributed by atoms with Crippen LogP contribution >= 0.6 is 0 Å². The smallest absolute Gasteiger partial charge is 0.332 e. The zero-order valence-electron chi connectivity index (χ0n) is 17.2. The number of ether oxygens (including phenoxy) is 1. The highest BCUT2D eigenvalue weighted by Crippen LogP contribution is 2.44. The summed E-state index contributed by atoms with van der Waals surface area (Å²) in [4.78, 5) is 16.8. The molecule has 1 aromatic carbocycles. The van der Waals surface area contributed by atoms with E-state index in [1.54, 1.807) is 6.08 Å². The number of benzene rings is 1. The molecule has 4 nitrogen and oxygen atoms in total. The van der Waals surface area contributed by atoms with Crippen molar-refractivity contribution in [3.05, 3.63) is 53.1 Å². The molecule has 0 spiro atoms. The molecule has 3 aliphatic rings. The van der Waals surface area contributed by atoms with E-state index >= 15 is 0 Å². The Morgan fingerprint density at radius 1 is 1.18 bits per heavy atom. The SMILES string of the molecule is C[C@H]1C=C(C#Cc2ccc(N(C)C)cc2)C2=CC(=O)O[C@]2(C)[C@H]2CCCCN12. The standard InChI is InChI=1S/C24H28N2O2/c1-17-15-19(11-8-18-9-12-20(13-10-18)25(3)4)21-16-23(27)28-24(21,2)22-7-5-6-14-26(17)22/h9-10,12-13,15-17,22H,5-7,14H2,1-4H3/t17-,22+,24-/m0/s1. The summed E-state index contributed by atoms with van der Waals surface area (Å²) >= 11 is 0. The maximum atomic E-state index is 12.2. The monoisotopic (exact) mass is 376 g/mol. The molecule has 0 bridgehead atoms. The van der Waals surface area contributed by atoms with E-state index in [-0.39, 0.29) is 18.1 Å². The molecule has 0 unspecified atom stereocenters. The first-order valence-corrected chi connectivity index (χ1v) is 10.1. The first kappa shape index (κ1) is 18.8. The lowest BCUT2D eigenvalue weighted by molar-refractivity contribution is -0.151. The summed E-state index contributed by atoms with van der Waals surface area (Å²) in [5.41, 5.74) is 3.36. The highest BCUT2D eigenvalue weighted by atomic mass is 16.6. The Morgan fingerprint density at radius 3 is 2.64 bits per heavy atom. The van der Waals surface area contributed by atoms with E-state index in [0.717, 1.165) is 35.4 Å². The second-order valence-corrected chi connectivity index (χ2v) is 8.35. The number of hydrogen-bond acceptors (Lipinski definition) is 4. The third-order valence-corrected chi connectivity index (χ3v) is 6.24. The number of nitrogens with zero attached hydrogens (tertiary/aromatic N) is 2. The number of piperidine rings is 1. The second kappa shape index (κ2) is 7.14. The zero-order chi connectivity index (χ0) is 19.9. The quantitative estimate of drug-likeness (QED) is 0.555. The molecule has 1 fully saturated rings. The lowest BCUT2D eigenvalue weighted by Crippen LogP contribution is -2.55. The fourth-order valence-corrected chi connectivity index (χ4v) is 4.70. The van der Waals surface area contributed by atoms with Gasteiger partial charge in [-0.2, -0.15) is 0 Å². The topological polar surface area (TPSA) is 32.8 Å². The highest BCUT2D eigenvalue weighted by molar-refractivity contribution is 5.89.